The molecule has 0 aliphatic carbocycles. The molecule has 2 N–H and O–H groups in total. The molecule has 0 saturated heterocycles. The zero-order valence-corrected chi connectivity index (χ0v) is 14.3. The predicted octanol–water partition coefficient (Wildman–Crippen LogP) is 3.11. The Hall–Kier alpha value is -2.67. The van der Waals surface area contributed by atoms with Crippen molar-refractivity contribution in [1.29, 1.82) is 0 Å². The zero-order valence-electron chi connectivity index (χ0n) is 13.5. The van der Waals surface area contributed by atoms with Crippen LogP contribution in [0.2, 0.25) is 0 Å². The molecule has 0 spiro atoms. The third-order valence-electron chi connectivity index (χ3n) is 3.97. The summed E-state index contributed by atoms with van der Waals surface area (Å²) >= 11 is 1.05. The van der Waals surface area contributed by atoms with E-state index in [2.05, 4.69) is 4.37 Å². The standard InChI is InChI=1S/C17H16N2O4S/c1-8-4-5-12-11(6-13(20)23-15(12)9(8)2)7-22-17(21)14-10(3)19-24-16(14)18/h4-6H,7,18H2,1-3H3. The molecule has 124 valence electrons. The first-order chi connectivity index (χ1) is 11.4. The summed E-state index contributed by atoms with van der Waals surface area (Å²) in [4.78, 5) is 24.0. The largest absolute Gasteiger partial charge is 0.457 e. The van der Waals surface area contributed by atoms with Crippen LogP contribution < -0.4 is 11.4 Å². The van der Waals surface area contributed by atoms with Crippen LogP contribution in [0.5, 0.6) is 0 Å². The van der Waals surface area contributed by atoms with Gasteiger partial charge in [0.15, 0.2) is 0 Å². The van der Waals surface area contributed by atoms with E-state index in [0.717, 1.165) is 28.0 Å². The van der Waals surface area contributed by atoms with Crippen molar-refractivity contribution >= 4 is 33.5 Å². The number of aromatic nitrogens is 1. The molecular formula is C17H16N2O4S. The van der Waals surface area contributed by atoms with Gasteiger partial charge >= 0.3 is 11.6 Å². The summed E-state index contributed by atoms with van der Waals surface area (Å²) in [6.07, 6.45) is 0. The highest BCUT2D eigenvalue weighted by Crippen LogP contribution is 2.25. The number of nitrogens with zero attached hydrogens (tertiary/aromatic N) is 1. The van der Waals surface area contributed by atoms with E-state index in [9.17, 15) is 9.59 Å². The summed E-state index contributed by atoms with van der Waals surface area (Å²) < 4.78 is 14.7. The number of esters is 1. The number of ether oxygens (including phenoxy) is 1. The molecule has 0 amide bonds. The predicted molar refractivity (Wildman–Crippen MR) is 92.3 cm³/mol. The van der Waals surface area contributed by atoms with Crippen molar-refractivity contribution < 1.29 is 13.9 Å². The number of nitrogens with two attached hydrogens (primary N) is 1. The lowest BCUT2D eigenvalue weighted by Gasteiger charge is -2.09. The van der Waals surface area contributed by atoms with Crippen LogP contribution in [-0.2, 0) is 11.3 Å². The first-order valence-electron chi connectivity index (χ1n) is 7.30. The lowest BCUT2D eigenvalue weighted by atomic mass is 10.0. The van der Waals surface area contributed by atoms with E-state index in [0.29, 0.717) is 21.8 Å². The highest BCUT2D eigenvalue weighted by Gasteiger charge is 2.19. The van der Waals surface area contributed by atoms with E-state index >= 15 is 0 Å². The van der Waals surface area contributed by atoms with Gasteiger partial charge in [-0.1, -0.05) is 12.1 Å². The Labute approximate surface area is 142 Å². The third-order valence-corrected chi connectivity index (χ3v) is 4.74. The first kappa shape index (κ1) is 16.2. The maximum Gasteiger partial charge on any atom is 0.343 e. The number of hydrogen-bond acceptors (Lipinski definition) is 7. The molecule has 0 radical (unpaired) electrons. The van der Waals surface area contributed by atoms with Crippen molar-refractivity contribution in [2.45, 2.75) is 27.4 Å². The van der Waals surface area contributed by atoms with Gasteiger partial charge in [0.25, 0.3) is 0 Å². The van der Waals surface area contributed by atoms with E-state index < -0.39 is 11.6 Å². The van der Waals surface area contributed by atoms with Crippen LogP contribution in [0, 0.1) is 20.8 Å². The zero-order chi connectivity index (χ0) is 17.4. The van der Waals surface area contributed by atoms with Crippen LogP contribution in [-0.4, -0.2) is 10.3 Å². The number of carbonyl (C=O) groups is 1. The fourth-order valence-corrected chi connectivity index (χ4v) is 3.14. The average molecular weight is 344 g/mol. The van der Waals surface area contributed by atoms with Gasteiger partial charge in [-0.15, -0.1) is 0 Å². The normalized spacial score (nSPS) is 11.0. The molecule has 0 unspecified atom stereocenters. The second-order valence-electron chi connectivity index (χ2n) is 5.56. The number of carbonyl (C=O) groups excluding carboxylic acids is 1. The molecule has 1 aromatic carbocycles. The van der Waals surface area contributed by atoms with Gasteiger partial charge in [0.2, 0.25) is 0 Å². The molecule has 6 nitrogen and oxygen atoms in total. The van der Waals surface area contributed by atoms with E-state index in [4.69, 9.17) is 14.9 Å². The fourth-order valence-electron chi connectivity index (χ4n) is 2.49. The molecular weight excluding hydrogens is 328 g/mol. The minimum absolute atomic E-state index is 0.0435. The summed E-state index contributed by atoms with van der Waals surface area (Å²) in [6, 6.07) is 5.13. The Morgan fingerprint density at radius 1 is 1.33 bits per heavy atom. The molecule has 3 aromatic rings. The Bertz CT molecular complexity index is 984. The average Bonchev–Trinajstić information content (AvgIpc) is 2.87. The van der Waals surface area contributed by atoms with Crippen LogP contribution in [0.1, 0.15) is 32.7 Å². The summed E-state index contributed by atoms with van der Waals surface area (Å²) in [5.41, 5.74) is 9.11. The Morgan fingerprint density at radius 2 is 2.08 bits per heavy atom. The van der Waals surface area contributed by atoms with Gasteiger partial charge in [0.1, 0.15) is 22.8 Å². The molecule has 0 bridgehead atoms. The van der Waals surface area contributed by atoms with Gasteiger partial charge in [0, 0.05) is 17.0 Å². The number of nitrogen functional groups attached to an aromatic ring is 1. The summed E-state index contributed by atoms with van der Waals surface area (Å²) in [6.45, 7) is 5.48. The number of hydrogen-bond donors (Lipinski definition) is 1. The van der Waals surface area contributed by atoms with Gasteiger partial charge in [-0.25, -0.2) is 9.59 Å². The number of anilines is 1. The smallest absolute Gasteiger partial charge is 0.343 e. The lowest BCUT2D eigenvalue weighted by molar-refractivity contribution is 0.0474. The van der Waals surface area contributed by atoms with Crippen molar-refractivity contribution in [3.8, 4) is 0 Å². The van der Waals surface area contributed by atoms with Crippen molar-refractivity contribution in [3.05, 3.63) is 56.6 Å². The summed E-state index contributed by atoms with van der Waals surface area (Å²) in [7, 11) is 0. The molecule has 0 fully saturated rings. The Kier molecular flexibility index (Phi) is 4.11. The second-order valence-corrected chi connectivity index (χ2v) is 6.36. The van der Waals surface area contributed by atoms with Gasteiger partial charge < -0.3 is 14.9 Å². The van der Waals surface area contributed by atoms with Crippen LogP contribution in [0.15, 0.2) is 27.4 Å². The first-order valence-corrected chi connectivity index (χ1v) is 8.07. The Morgan fingerprint density at radius 3 is 2.75 bits per heavy atom. The molecule has 24 heavy (non-hydrogen) atoms. The molecule has 7 heteroatoms. The minimum atomic E-state index is -0.552. The van der Waals surface area contributed by atoms with Gasteiger partial charge in [-0.3, -0.25) is 0 Å². The molecule has 0 atom stereocenters. The van der Waals surface area contributed by atoms with Gasteiger partial charge in [-0.2, -0.15) is 4.37 Å². The quantitative estimate of drug-likeness (QED) is 0.579. The Balaban J connectivity index is 1.95. The highest BCUT2D eigenvalue weighted by atomic mass is 32.1. The minimum Gasteiger partial charge on any atom is -0.457 e. The number of benzene rings is 1. The van der Waals surface area contributed by atoms with E-state index in [1.54, 1.807) is 6.92 Å². The van der Waals surface area contributed by atoms with Gasteiger partial charge in [0.05, 0.1) is 5.69 Å². The van der Waals surface area contributed by atoms with Crippen molar-refractivity contribution in [2.75, 3.05) is 5.73 Å². The number of rotatable bonds is 3. The van der Waals surface area contributed by atoms with E-state index in [1.807, 2.05) is 26.0 Å². The maximum absolute atomic E-state index is 12.2. The lowest BCUT2D eigenvalue weighted by Crippen LogP contribution is -2.10. The monoisotopic (exact) mass is 344 g/mol. The van der Waals surface area contributed by atoms with Crippen LogP contribution in [0.25, 0.3) is 11.0 Å². The molecule has 3 rings (SSSR count). The molecule has 0 aliphatic rings. The van der Waals surface area contributed by atoms with Crippen LogP contribution in [0.3, 0.4) is 0 Å². The third kappa shape index (κ3) is 2.78. The molecule has 0 aliphatic heterocycles. The summed E-state index contributed by atoms with van der Waals surface area (Å²) in [5.74, 6) is -0.552. The van der Waals surface area contributed by atoms with Crippen molar-refractivity contribution in [3.63, 3.8) is 0 Å². The molecule has 2 heterocycles. The summed E-state index contributed by atoms with van der Waals surface area (Å²) in [5, 5.41) is 1.07. The number of aryl methyl sites for hydroxylation is 3. The van der Waals surface area contributed by atoms with Crippen molar-refractivity contribution in [1.82, 2.24) is 4.37 Å². The fraction of sp³-hybridized carbons (Fsp3) is 0.235. The SMILES string of the molecule is Cc1ccc2c(COC(=O)c3c(C)nsc3N)cc(=O)oc2c1C. The molecule has 0 saturated carbocycles. The highest BCUT2D eigenvalue weighted by molar-refractivity contribution is 7.10. The van der Waals surface area contributed by atoms with Crippen molar-refractivity contribution in [2.24, 2.45) is 0 Å². The number of fused-ring (bicyclic) bond motifs is 1. The van der Waals surface area contributed by atoms with E-state index in [1.165, 1.54) is 6.07 Å². The second kappa shape index (κ2) is 6.09. The van der Waals surface area contributed by atoms with Crippen LogP contribution >= 0.6 is 11.5 Å². The topological polar surface area (TPSA) is 95.4 Å². The van der Waals surface area contributed by atoms with Crippen LogP contribution in [0.4, 0.5) is 5.00 Å². The van der Waals surface area contributed by atoms with Gasteiger partial charge in [-0.05, 0) is 43.4 Å². The van der Waals surface area contributed by atoms with E-state index in [-0.39, 0.29) is 12.2 Å². The molecule has 2 aromatic heterocycles. The maximum atomic E-state index is 12.2.